The van der Waals surface area contributed by atoms with Gasteiger partial charge >= 0.3 is 0 Å². The Kier molecular flexibility index (Phi) is 4.58. The van der Waals surface area contributed by atoms with Gasteiger partial charge in [-0.05, 0) is 36.6 Å². The van der Waals surface area contributed by atoms with Crippen LogP contribution >= 0.6 is 15.9 Å². The van der Waals surface area contributed by atoms with E-state index in [-0.39, 0.29) is 0 Å². The summed E-state index contributed by atoms with van der Waals surface area (Å²) in [4.78, 5) is 4.30. The molecular formula is C14H19BrN4. The lowest BCUT2D eigenvalue weighted by Gasteiger charge is -2.10. The average molecular weight is 323 g/mol. The van der Waals surface area contributed by atoms with Gasteiger partial charge < -0.3 is 5.32 Å². The highest BCUT2D eigenvalue weighted by Gasteiger charge is 2.06. The summed E-state index contributed by atoms with van der Waals surface area (Å²) in [5.74, 6) is 1.53. The predicted molar refractivity (Wildman–Crippen MR) is 81.1 cm³/mol. The maximum Gasteiger partial charge on any atom is 0.146 e. The van der Waals surface area contributed by atoms with Crippen molar-refractivity contribution >= 4 is 21.6 Å². The SMILES string of the molecule is Cc1cc(NCc2ncnn2CC(C)C)ccc1Br. The number of rotatable bonds is 5. The van der Waals surface area contributed by atoms with Crippen molar-refractivity contribution < 1.29 is 0 Å². The first kappa shape index (κ1) is 14.1. The summed E-state index contributed by atoms with van der Waals surface area (Å²) in [6.45, 7) is 8.02. The van der Waals surface area contributed by atoms with Gasteiger partial charge in [-0.1, -0.05) is 29.8 Å². The Morgan fingerprint density at radius 3 is 2.84 bits per heavy atom. The van der Waals surface area contributed by atoms with Gasteiger partial charge in [0.2, 0.25) is 0 Å². The van der Waals surface area contributed by atoms with Crippen molar-refractivity contribution in [3.63, 3.8) is 0 Å². The molecule has 1 aromatic carbocycles. The first-order chi connectivity index (χ1) is 9.06. The first-order valence-corrected chi connectivity index (χ1v) is 7.22. The summed E-state index contributed by atoms with van der Waals surface area (Å²) in [5, 5.41) is 7.64. The predicted octanol–water partition coefficient (Wildman–Crippen LogP) is 3.62. The van der Waals surface area contributed by atoms with Crippen LogP contribution in [0.4, 0.5) is 5.69 Å². The topological polar surface area (TPSA) is 42.7 Å². The zero-order valence-electron chi connectivity index (χ0n) is 11.5. The van der Waals surface area contributed by atoms with Crippen molar-refractivity contribution in [3.05, 3.63) is 40.4 Å². The zero-order valence-corrected chi connectivity index (χ0v) is 13.1. The second-order valence-electron chi connectivity index (χ2n) is 5.07. The fourth-order valence-corrected chi connectivity index (χ4v) is 2.11. The third kappa shape index (κ3) is 3.80. The van der Waals surface area contributed by atoms with Crippen LogP contribution in [0.2, 0.25) is 0 Å². The minimum Gasteiger partial charge on any atom is -0.378 e. The molecule has 0 aliphatic rings. The van der Waals surface area contributed by atoms with Crippen LogP contribution in [0.1, 0.15) is 25.2 Å². The Hall–Kier alpha value is -1.36. The molecule has 0 aliphatic carbocycles. The maximum absolute atomic E-state index is 4.30. The van der Waals surface area contributed by atoms with E-state index in [0.29, 0.717) is 12.5 Å². The molecule has 0 saturated carbocycles. The summed E-state index contributed by atoms with van der Waals surface area (Å²) in [5.41, 5.74) is 2.31. The van der Waals surface area contributed by atoms with Crippen molar-refractivity contribution in [1.29, 1.82) is 0 Å². The van der Waals surface area contributed by atoms with Gasteiger partial charge in [0, 0.05) is 16.7 Å². The van der Waals surface area contributed by atoms with Gasteiger partial charge in [-0.15, -0.1) is 0 Å². The Labute approximate surface area is 122 Å². The minimum atomic E-state index is 0.565. The number of aryl methyl sites for hydroxylation is 1. The van der Waals surface area contributed by atoms with E-state index in [0.717, 1.165) is 22.5 Å². The molecule has 0 amide bonds. The van der Waals surface area contributed by atoms with E-state index in [4.69, 9.17) is 0 Å². The van der Waals surface area contributed by atoms with Crippen molar-refractivity contribution in [3.8, 4) is 0 Å². The highest BCUT2D eigenvalue weighted by atomic mass is 79.9. The highest BCUT2D eigenvalue weighted by Crippen LogP contribution is 2.20. The average Bonchev–Trinajstić information content (AvgIpc) is 2.77. The van der Waals surface area contributed by atoms with Gasteiger partial charge in [-0.3, -0.25) is 0 Å². The molecule has 5 heteroatoms. The molecule has 0 spiro atoms. The van der Waals surface area contributed by atoms with Crippen molar-refractivity contribution in [2.24, 2.45) is 5.92 Å². The molecule has 1 N–H and O–H groups in total. The normalized spacial score (nSPS) is 11.0. The molecule has 0 aliphatic heterocycles. The summed E-state index contributed by atoms with van der Waals surface area (Å²) in [7, 11) is 0. The van der Waals surface area contributed by atoms with Gasteiger partial charge in [0.1, 0.15) is 12.2 Å². The summed E-state index contributed by atoms with van der Waals surface area (Å²) in [6.07, 6.45) is 1.62. The molecule has 2 aromatic rings. The van der Waals surface area contributed by atoms with Crippen LogP contribution < -0.4 is 5.32 Å². The number of halogens is 1. The Morgan fingerprint density at radius 1 is 1.37 bits per heavy atom. The maximum atomic E-state index is 4.30. The van der Waals surface area contributed by atoms with Crippen LogP contribution in [0.3, 0.4) is 0 Å². The third-order valence-electron chi connectivity index (χ3n) is 2.84. The standard InChI is InChI=1S/C14H19BrN4/c1-10(2)8-19-14(17-9-18-19)7-16-12-4-5-13(15)11(3)6-12/h4-6,9-10,16H,7-8H2,1-3H3. The van der Waals surface area contributed by atoms with Crippen LogP contribution in [-0.4, -0.2) is 14.8 Å². The molecule has 0 bridgehead atoms. The molecule has 0 radical (unpaired) electrons. The lowest BCUT2D eigenvalue weighted by molar-refractivity contribution is 0.468. The molecule has 0 saturated heterocycles. The Balaban J connectivity index is 2.02. The van der Waals surface area contributed by atoms with Gasteiger partial charge in [-0.25, -0.2) is 9.67 Å². The number of nitrogens with one attached hydrogen (secondary N) is 1. The number of hydrogen-bond donors (Lipinski definition) is 1. The Bertz CT molecular complexity index is 548. The summed E-state index contributed by atoms with van der Waals surface area (Å²) >= 11 is 3.50. The fraction of sp³-hybridized carbons (Fsp3) is 0.429. The molecule has 4 nitrogen and oxygen atoms in total. The molecule has 0 fully saturated rings. The highest BCUT2D eigenvalue weighted by molar-refractivity contribution is 9.10. The van der Waals surface area contributed by atoms with E-state index in [2.05, 4.69) is 70.3 Å². The molecule has 2 rings (SSSR count). The number of anilines is 1. The van der Waals surface area contributed by atoms with Crippen LogP contribution in [0.25, 0.3) is 0 Å². The van der Waals surface area contributed by atoms with Gasteiger partial charge in [0.25, 0.3) is 0 Å². The molecule has 19 heavy (non-hydrogen) atoms. The van der Waals surface area contributed by atoms with Crippen LogP contribution in [0.5, 0.6) is 0 Å². The molecule has 1 aromatic heterocycles. The minimum absolute atomic E-state index is 0.565. The summed E-state index contributed by atoms with van der Waals surface area (Å²) < 4.78 is 3.09. The number of aromatic nitrogens is 3. The largest absolute Gasteiger partial charge is 0.378 e. The molecule has 1 heterocycles. The second-order valence-corrected chi connectivity index (χ2v) is 5.92. The summed E-state index contributed by atoms with van der Waals surface area (Å²) in [6, 6.07) is 6.23. The van der Waals surface area contributed by atoms with Crippen LogP contribution in [0, 0.1) is 12.8 Å². The van der Waals surface area contributed by atoms with Crippen LogP contribution in [0.15, 0.2) is 29.0 Å². The quantitative estimate of drug-likeness (QED) is 0.914. The molecular weight excluding hydrogens is 304 g/mol. The van der Waals surface area contributed by atoms with E-state index >= 15 is 0 Å². The van der Waals surface area contributed by atoms with Gasteiger partial charge in [0.15, 0.2) is 0 Å². The van der Waals surface area contributed by atoms with Crippen molar-refractivity contribution in [1.82, 2.24) is 14.8 Å². The van der Waals surface area contributed by atoms with Crippen LogP contribution in [-0.2, 0) is 13.1 Å². The number of benzene rings is 1. The van der Waals surface area contributed by atoms with E-state index in [1.165, 1.54) is 5.56 Å². The lowest BCUT2D eigenvalue weighted by atomic mass is 10.2. The molecule has 0 unspecified atom stereocenters. The van der Waals surface area contributed by atoms with Crippen molar-refractivity contribution in [2.45, 2.75) is 33.9 Å². The smallest absolute Gasteiger partial charge is 0.146 e. The van der Waals surface area contributed by atoms with E-state index in [9.17, 15) is 0 Å². The lowest BCUT2D eigenvalue weighted by Crippen LogP contribution is -2.13. The zero-order chi connectivity index (χ0) is 13.8. The third-order valence-corrected chi connectivity index (χ3v) is 3.73. The number of hydrogen-bond acceptors (Lipinski definition) is 3. The first-order valence-electron chi connectivity index (χ1n) is 6.43. The second kappa shape index (κ2) is 6.19. The molecule has 0 atom stereocenters. The van der Waals surface area contributed by atoms with E-state index < -0.39 is 0 Å². The fourth-order valence-electron chi connectivity index (χ4n) is 1.86. The Morgan fingerprint density at radius 2 is 2.16 bits per heavy atom. The van der Waals surface area contributed by atoms with Gasteiger partial charge in [0.05, 0.1) is 6.54 Å². The number of nitrogens with zero attached hydrogens (tertiary/aromatic N) is 3. The van der Waals surface area contributed by atoms with Gasteiger partial charge in [-0.2, -0.15) is 5.10 Å². The molecule has 102 valence electrons. The monoisotopic (exact) mass is 322 g/mol. The van der Waals surface area contributed by atoms with E-state index in [1.54, 1.807) is 6.33 Å². The van der Waals surface area contributed by atoms with Crippen molar-refractivity contribution in [2.75, 3.05) is 5.32 Å². The van der Waals surface area contributed by atoms with E-state index in [1.807, 2.05) is 4.68 Å².